The first kappa shape index (κ1) is 17.9. The van der Waals surface area contributed by atoms with Gasteiger partial charge in [-0.25, -0.2) is 0 Å². The molecule has 0 aliphatic rings. The Labute approximate surface area is 115 Å². The summed E-state index contributed by atoms with van der Waals surface area (Å²) >= 11 is 0. The summed E-state index contributed by atoms with van der Waals surface area (Å²) in [6, 6.07) is 0. The Morgan fingerprint density at radius 1 is 1.28 bits per heavy atom. The highest BCUT2D eigenvalue weighted by Crippen LogP contribution is 2.37. The van der Waals surface area contributed by atoms with Gasteiger partial charge in [-0.15, -0.1) is 0 Å². The van der Waals surface area contributed by atoms with E-state index < -0.39 is 14.4 Å². The molecule has 0 heterocycles. The summed E-state index contributed by atoms with van der Waals surface area (Å²) in [5.41, 5.74) is 0. The number of aliphatic hydroxyl groups is 1. The molecule has 2 nitrogen and oxygen atoms in total. The van der Waals surface area contributed by atoms with Crippen molar-refractivity contribution in [3.8, 4) is 0 Å². The summed E-state index contributed by atoms with van der Waals surface area (Å²) in [6.07, 6.45) is 7.05. The van der Waals surface area contributed by atoms with E-state index in [1.807, 2.05) is 13.0 Å². The predicted octanol–water partition coefficient (Wildman–Crippen LogP) is 4.50. The van der Waals surface area contributed by atoms with Crippen molar-refractivity contribution in [2.45, 2.75) is 84.2 Å². The van der Waals surface area contributed by atoms with Crippen molar-refractivity contribution in [1.29, 1.82) is 0 Å². The maximum atomic E-state index is 9.84. The Kier molecular flexibility index (Phi) is 7.41. The van der Waals surface area contributed by atoms with Crippen molar-refractivity contribution >= 4 is 8.32 Å². The molecule has 0 radical (unpaired) electrons. The van der Waals surface area contributed by atoms with Gasteiger partial charge in [0.1, 0.15) is 0 Å². The molecule has 0 unspecified atom stereocenters. The third-order valence-electron chi connectivity index (χ3n) is 3.76. The third kappa shape index (κ3) is 6.16. The van der Waals surface area contributed by atoms with Crippen LogP contribution in [0.25, 0.3) is 0 Å². The van der Waals surface area contributed by atoms with Crippen molar-refractivity contribution < 1.29 is 9.53 Å². The Morgan fingerprint density at radius 2 is 1.83 bits per heavy atom. The molecule has 0 saturated heterocycles. The van der Waals surface area contributed by atoms with Crippen LogP contribution in [0.3, 0.4) is 0 Å². The zero-order valence-corrected chi connectivity index (χ0v) is 14.3. The minimum absolute atomic E-state index is 0.164. The van der Waals surface area contributed by atoms with Crippen molar-refractivity contribution in [1.82, 2.24) is 0 Å². The Morgan fingerprint density at radius 3 is 2.22 bits per heavy atom. The number of hydrogen-bond donors (Lipinski definition) is 1. The second-order valence-electron chi connectivity index (χ2n) is 6.65. The highest BCUT2D eigenvalue weighted by molar-refractivity contribution is 6.74. The predicted molar refractivity (Wildman–Crippen MR) is 82.4 cm³/mol. The fourth-order valence-corrected chi connectivity index (χ4v) is 2.68. The lowest BCUT2D eigenvalue weighted by molar-refractivity contribution is 0.0684. The zero-order valence-electron chi connectivity index (χ0n) is 13.3. The van der Waals surface area contributed by atoms with E-state index in [1.54, 1.807) is 0 Å². The zero-order chi connectivity index (χ0) is 14.4. The van der Waals surface area contributed by atoms with E-state index in [0.717, 1.165) is 6.42 Å². The van der Waals surface area contributed by atoms with E-state index in [2.05, 4.69) is 46.9 Å². The lowest BCUT2D eigenvalue weighted by atomic mass is 10.2. The van der Waals surface area contributed by atoms with Crippen LogP contribution >= 0.6 is 0 Å². The van der Waals surface area contributed by atoms with Gasteiger partial charge in [0.25, 0.3) is 0 Å². The van der Waals surface area contributed by atoms with Crippen molar-refractivity contribution in [3.05, 3.63) is 12.2 Å². The molecule has 0 fully saturated rings. The Bertz CT molecular complexity index is 252. The number of allylic oxidation sites excluding steroid dienone is 1. The maximum Gasteiger partial charge on any atom is 0.193 e. The van der Waals surface area contributed by atoms with Crippen LogP contribution in [0.5, 0.6) is 0 Å². The van der Waals surface area contributed by atoms with Gasteiger partial charge in [-0.1, -0.05) is 52.7 Å². The summed E-state index contributed by atoms with van der Waals surface area (Å²) in [5.74, 6) is 0. The van der Waals surface area contributed by atoms with Crippen LogP contribution in [-0.2, 0) is 4.43 Å². The van der Waals surface area contributed by atoms with Gasteiger partial charge in [0.2, 0.25) is 0 Å². The molecule has 2 atom stereocenters. The second kappa shape index (κ2) is 7.46. The molecule has 0 aromatic rings. The van der Waals surface area contributed by atoms with Crippen LogP contribution in [0.4, 0.5) is 0 Å². The highest BCUT2D eigenvalue weighted by atomic mass is 28.4. The summed E-state index contributed by atoms with van der Waals surface area (Å²) in [7, 11) is -1.81. The molecule has 0 aliphatic heterocycles. The van der Waals surface area contributed by atoms with Crippen LogP contribution in [0.2, 0.25) is 18.1 Å². The van der Waals surface area contributed by atoms with Crippen molar-refractivity contribution in [2.75, 3.05) is 0 Å². The van der Waals surface area contributed by atoms with Crippen LogP contribution in [-0.4, -0.2) is 25.6 Å². The lowest BCUT2D eigenvalue weighted by Crippen LogP contribution is -2.46. The van der Waals surface area contributed by atoms with Gasteiger partial charge in [0, 0.05) is 0 Å². The van der Waals surface area contributed by atoms with Crippen LogP contribution < -0.4 is 0 Å². The number of unbranched alkanes of at least 4 members (excludes halogenated alkanes) is 2. The average Bonchev–Trinajstić information content (AvgIpc) is 2.20. The smallest absolute Gasteiger partial charge is 0.193 e. The summed E-state index contributed by atoms with van der Waals surface area (Å²) in [4.78, 5) is 0. The fourth-order valence-electron chi connectivity index (χ4n) is 1.37. The van der Waals surface area contributed by atoms with Crippen molar-refractivity contribution in [2.24, 2.45) is 0 Å². The average molecular weight is 273 g/mol. The molecule has 3 heteroatoms. The largest absolute Gasteiger partial charge is 0.408 e. The van der Waals surface area contributed by atoms with Gasteiger partial charge in [0.05, 0.1) is 12.2 Å². The van der Waals surface area contributed by atoms with E-state index >= 15 is 0 Å². The molecule has 18 heavy (non-hydrogen) atoms. The van der Waals surface area contributed by atoms with E-state index in [0.29, 0.717) is 0 Å². The normalized spacial score (nSPS) is 17.1. The minimum atomic E-state index is -1.81. The number of hydrogen-bond acceptors (Lipinski definition) is 2. The first-order valence-electron chi connectivity index (χ1n) is 7.14. The van der Waals surface area contributed by atoms with E-state index in [-0.39, 0.29) is 11.1 Å². The molecule has 0 aliphatic carbocycles. The summed E-state index contributed by atoms with van der Waals surface area (Å²) in [5, 5.41) is 10.0. The SMILES string of the molecule is CCCCC=C[C@@H](O[Si](C)(C)C(C)(C)C)[C@@H](C)O. The van der Waals surface area contributed by atoms with Gasteiger partial charge in [-0.05, 0) is 31.5 Å². The first-order chi connectivity index (χ1) is 8.12. The Hall–Kier alpha value is -0.123. The van der Waals surface area contributed by atoms with Gasteiger partial charge in [-0.3, -0.25) is 0 Å². The molecule has 1 N–H and O–H groups in total. The van der Waals surface area contributed by atoms with Crippen LogP contribution in [0.1, 0.15) is 53.9 Å². The van der Waals surface area contributed by atoms with Gasteiger partial charge >= 0.3 is 0 Å². The third-order valence-corrected chi connectivity index (χ3v) is 8.24. The second-order valence-corrected chi connectivity index (χ2v) is 11.4. The van der Waals surface area contributed by atoms with Crippen LogP contribution in [0.15, 0.2) is 12.2 Å². The molecule has 0 aromatic carbocycles. The summed E-state index contributed by atoms with van der Waals surface area (Å²) in [6.45, 7) is 15.1. The Balaban J connectivity index is 4.59. The standard InChI is InChI=1S/C15H32O2Si/c1-8-9-10-11-12-14(13(2)16)17-18(6,7)15(3,4)5/h11-14,16H,8-10H2,1-7H3/t13-,14-/m1/s1. The molecule has 0 spiro atoms. The van der Waals surface area contributed by atoms with Crippen molar-refractivity contribution in [3.63, 3.8) is 0 Å². The molecule has 108 valence electrons. The van der Waals surface area contributed by atoms with Gasteiger partial charge < -0.3 is 9.53 Å². The minimum Gasteiger partial charge on any atom is -0.408 e. The fraction of sp³-hybridized carbons (Fsp3) is 0.867. The molecular formula is C15H32O2Si. The maximum absolute atomic E-state index is 9.84. The molecular weight excluding hydrogens is 240 g/mol. The van der Waals surface area contributed by atoms with E-state index in [4.69, 9.17) is 4.43 Å². The molecule has 0 saturated carbocycles. The van der Waals surface area contributed by atoms with Gasteiger partial charge in [-0.2, -0.15) is 0 Å². The van der Waals surface area contributed by atoms with E-state index in [1.165, 1.54) is 12.8 Å². The molecule has 0 bridgehead atoms. The number of rotatable bonds is 7. The van der Waals surface area contributed by atoms with E-state index in [9.17, 15) is 5.11 Å². The molecule has 0 aromatic heterocycles. The quantitative estimate of drug-likeness (QED) is 0.420. The van der Waals surface area contributed by atoms with Crippen LogP contribution in [0, 0.1) is 0 Å². The highest BCUT2D eigenvalue weighted by Gasteiger charge is 2.39. The lowest BCUT2D eigenvalue weighted by Gasteiger charge is -2.39. The van der Waals surface area contributed by atoms with Gasteiger partial charge in [0.15, 0.2) is 8.32 Å². The topological polar surface area (TPSA) is 29.5 Å². The molecule has 0 amide bonds. The first-order valence-corrected chi connectivity index (χ1v) is 10.0. The number of aliphatic hydroxyl groups excluding tert-OH is 1. The summed E-state index contributed by atoms with van der Waals surface area (Å²) < 4.78 is 6.25. The monoisotopic (exact) mass is 272 g/mol. The molecule has 0 rings (SSSR count).